The molecule has 0 spiro atoms. The standard InChI is InChI=1S/C14H21BrFN/c1-4-10(5-2)8-14(17-3)12-9-11(16)6-7-13(12)15/h6-7,9-10,14,17H,4-5,8H2,1-3H3. The zero-order valence-corrected chi connectivity index (χ0v) is 12.3. The average Bonchev–Trinajstić information content (AvgIpc) is 2.34. The van der Waals surface area contributed by atoms with Crippen molar-refractivity contribution in [1.82, 2.24) is 5.32 Å². The fourth-order valence-corrected chi connectivity index (χ4v) is 2.66. The molecule has 17 heavy (non-hydrogen) atoms. The minimum absolute atomic E-state index is 0.173. The van der Waals surface area contributed by atoms with E-state index in [-0.39, 0.29) is 11.9 Å². The Labute approximate surface area is 112 Å². The van der Waals surface area contributed by atoms with Crippen LogP contribution in [-0.2, 0) is 0 Å². The number of nitrogens with one attached hydrogen (secondary N) is 1. The van der Waals surface area contributed by atoms with Crippen LogP contribution in [0.1, 0.15) is 44.7 Å². The van der Waals surface area contributed by atoms with Crippen LogP contribution >= 0.6 is 15.9 Å². The van der Waals surface area contributed by atoms with Gasteiger partial charge in [-0.2, -0.15) is 0 Å². The Morgan fingerprint density at radius 3 is 2.47 bits per heavy atom. The summed E-state index contributed by atoms with van der Waals surface area (Å²) in [6.07, 6.45) is 3.38. The Bertz CT molecular complexity index is 350. The molecule has 3 heteroatoms. The number of rotatable bonds is 6. The molecule has 1 atom stereocenters. The average molecular weight is 302 g/mol. The Morgan fingerprint density at radius 1 is 1.29 bits per heavy atom. The Kier molecular flexibility index (Phi) is 6.14. The first-order valence-electron chi connectivity index (χ1n) is 6.24. The molecule has 0 bridgehead atoms. The molecule has 0 heterocycles. The monoisotopic (exact) mass is 301 g/mol. The molecular formula is C14H21BrFN. The maximum absolute atomic E-state index is 13.3. The first-order chi connectivity index (χ1) is 8.12. The highest BCUT2D eigenvalue weighted by Crippen LogP contribution is 2.30. The summed E-state index contributed by atoms with van der Waals surface area (Å²) in [5.74, 6) is 0.510. The van der Waals surface area contributed by atoms with Crippen molar-refractivity contribution < 1.29 is 4.39 Å². The van der Waals surface area contributed by atoms with Crippen LogP contribution in [0.3, 0.4) is 0 Å². The van der Waals surface area contributed by atoms with Crippen molar-refractivity contribution in [2.75, 3.05) is 7.05 Å². The van der Waals surface area contributed by atoms with Crippen LogP contribution in [-0.4, -0.2) is 7.05 Å². The Balaban J connectivity index is 2.89. The maximum Gasteiger partial charge on any atom is 0.123 e. The molecule has 1 N–H and O–H groups in total. The molecule has 0 aliphatic heterocycles. The van der Waals surface area contributed by atoms with Gasteiger partial charge in [0.25, 0.3) is 0 Å². The molecule has 0 aliphatic carbocycles. The van der Waals surface area contributed by atoms with Gasteiger partial charge in [-0.1, -0.05) is 42.6 Å². The molecule has 1 aromatic carbocycles. The SMILES string of the molecule is CCC(CC)CC(NC)c1cc(F)ccc1Br. The summed E-state index contributed by atoms with van der Waals surface area (Å²) in [4.78, 5) is 0. The fraction of sp³-hybridized carbons (Fsp3) is 0.571. The molecule has 0 aromatic heterocycles. The molecule has 0 saturated heterocycles. The van der Waals surface area contributed by atoms with E-state index in [0.717, 1.165) is 16.5 Å². The smallest absolute Gasteiger partial charge is 0.123 e. The Hall–Kier alpha value is -0.410. The van der Waals surface area contributed by atoms with E-state index in [2.05, 4.69) is 35.1 Å². The summed E-state index contributed by atoms with van der Waals surface area (Å²) < 4.78 is 14.3. The van der Waals surface area contributed by atoms with E-state index >= 15 is 0 Å². The quantitative estimate of drug-likeness (QED) is 0.805. The highest BCUT2D eigenvalue weighted by molar-refractivity contribution is 9.10. The maximum atomic E-state index is 13.3. The molecule has 1 aromatic rings. The van der Waals surface area contributed by atoms with Crippen LogP contribution in [0.15, 0.2) is 22.7 Å². The fourth-order valence-electron chi connectivity index (χ4n) is 2.14. The van der Waals surface area contributed by atoms with Gasteiger partial charge >= 0.3 is 0 Å². The molecule has 0 aliphatic rings. The third kappa shape index (κ3) is 4.07. The van der Waals surface area contributed by atoms with Gasteiger partial charge in [0.2, 0.25) is 0 Å². The minimum Gasteiger partial charge on any atom is -0.313 e. The summed E-state index contributed by atoms with van der Waals surface area (Å²) in [6, 6.07) is 5.09. The molecule has 0 saturated carbocycles. The van der Waals surface area contributed by atoms with Crippen LogP contribution in [0.2, 0.25) is 0 Å². The van der Waals surface area contributed by atoms with Gasteiger partial charge in [0.05, 0.1) is 0 Å². The number of benzene rings is 1. The van der Waals surface area contributed by atoms with Gasteiger partial charge in [-0.3, -0.25) is 0 Å². The topological polar surface area (TPSA) is 12.0 Å². The summed E-state index contributed by atoms with van der Waals surface area (Å²) in [5, 5.41) is 3.29. The zero-order chi connectivity index (χ0) is 12.8. The lowest BCUT2D eigenvalue weighted by atomic mass is 9.91. The number of hydrogen-bond donors (Lipinski definition) is 1. The van der Waals surface area contributed by atoms with E-state index in [1.54, 1.807) is 12.1 Å². The van der Waals surface area contributed by atoms with E-state index in [0.29, 0.717) is 5.92 Å². The van der Waals surface area contributed by atoms with Crippen LogP contribution in [0, 0.1) is 11.7 Å². The predicted molar refractivity (Wildman–Crippen MR) is 74.6 cm³/mol. The van der Waals surface area contributed by atoms with Crippen molar-refractivity contribution in [2.24, 2.45) is 5.92 Å². The molecule has 0 fully saturated rings. The first-order valence-corrected chi connectivity index (χ1v) is 7.03. The lowest BCUT2D eigenvalue weighted by molar-refractivity contribution is 0.384. The van der Waals surface area contributed by atoms with Gasteiger partial charge in [-0.05, 0) is 43.1 Å². The molecule has 0 amide bonds. The lowest BCUT2D eigenvalue weighted by Crippen LogP contribution is -2.20. The number of hydrogen-bond acceptors (Lipinski definition) is 1. The molecule has 1 unspecified atom stereocenters. The summed E-state index contributed by atoms with van der Waals surface area (Å²) >= 11 is 3.50. The molecule has 1 nitrogen and oxygen atoms in total. The predicted octanol–water partition coefficient (Wildman–Crippen LogP) is 4.68. The van der Waals surface area contributed by atoms with Crippen LogP contribution in [0.4, 0.5) is 4.39 Å². The van der Waals surface area contributed by atoms with Crippen molar-refractivity contribution in [3.8, 4) is 0 Å². The van der Waals surface area contributed by atoms with Crippen molar-refractivity contribution in [1.29, 1.82) is 0 Å². The molecule has 1 rings (SSSR count). The summed E-state index contributed by atoms with van der Waals surface area (Å²) in [5.41, 5.74) is 1.01. The van der Waals surface area contributed by atoms with Gasteiger partial charge in [-0.15, -0.1) is 0 Å². The van der Waals surface area contributed by atoms with E-state index in [4.69, 9.17) is 0 Å². The summed E-state index contributed by atoms with van der Waals surface area (Å²) in [7, 11) is 1.93. The van der Waals surface area contributed by atoms with E-state index in [9.17, 15) is 4.39 Å². The van der Waals surface area contributed by atoms with Crippen LogP contribution in [0.25, 0.3) is 0 Å². The van der Waals surface area contributed by atoms with Gasteiger partial charge in [0, 0.05) is 10.5 Å². The van der Waals surface area contributed by atoms with Gasteiger partial charge in [0.15, 0.2) is 0 Å². The van der Waals surface area contributed by atoms with Gasteiger partial charge in [-0.25, -0.2) is 4.39 Å². The van der Waals surface area contributed by atoms with E-state index in [1.807, 2.05) is 7.05 Å². The largest absolute Gasteiger partial charge is 0.313 e. The second kappa shape index (κ2) is 7.12. The molecule has 0 radical (unpaired) electrons. The lowest BCUT2D eigenvalue weighted by Gasteiger charge is -2.23. The van der Waals surface area contributed by atoms with Gasteiger partial charge in [0.1, 0.15) is 5.82 Å². The zero-order valence-electron chi connectivity index (χ0n) is 10.8. The van der Waals surface area contributed by atoms with Gasteiger partial charge < -0.3 is 5.32 Å². The van der Waals surface area contributed by atoms with Crippen molar-refractivity contribution in [3.63, 3.8) is 0 Å². The van der Waals surface area contributed by atoms with Crippen LogP contribution in [0.5, 0.6) is 0 Å². The van der Waals surface area contributed by atoms with Crippen LogP contribution < -0.4 is 5.32 Å². The molecule has 96 valence electrons. The van der Waals surface area contributed by atoms with Crippen molar-refractivity contribution >= 4 is 15.9 Å². The third-order valence-corrected chi connectivity index (χ3v) is 4.13. The van der Waals surface area contributed by atoms with E-state index < -0.39 is 0 Å². The first kappa shape index (κ1) is 14.7. The van der Waals surface area contributed by atoms with Crippen molar-refractivity contribution in [3.05, 3.63) is 34.1 Å². The summed E-state index contributed by atoms with van der Waals surface area (Å²) in [6.45, 7) is 4.42. The third-order valence-electron chi connectivity index (χ3n) is 3.41. The highest BCUT2D eigenvalue weighted by Gasteiger charge is 2.17. The minimum atomic E-state index is -0.173. The Morgan fingerprint density at radius 2 is 1.94 bits per heavy atom. The normalized spacial score (nSPS) is 13.1. The molecular weight excluding hydrogens is 281 g/mol. The number of halogens is 2. The second-order valence-corrected chi connectivity index (χ2v) is 5.28. The van der Waals surface area contributed by atoms with Crippen molar-refractivity contribution in [2.45, 2.75) is 39.2 Å². The second-order valence-electron chi connectivity index (χ2n) is 4.43. The highest BCUT2D eigenvalue weighted by atomic mass is 79.9. The van der Waals surface area contributed by atoms with E-state index in [1.165, 1.54) is 18.9 Å².